The van der Waals surface area contributed by atoms with E-state index in [0.29, 0.717) is 5.56 Å². The Morgan fingerprint density at radius 2 is 1.74 bits per heavy atom. The Bertz CT molecular complexity index is 1080. The first kappa shape index (κ1) is 18.2. The first-order valence-corrected chi connectivity index (χ1v) is 8.06. The van der Waals surface area contributed by atoms with Crippen molar-refractivity contribution in [3.8, 4) is 0 Å². The second kappa shape index (κ2) is 7.36. The van der Waals surface area contributed by atoms with Gasteiger partial charge in [-0.3, -0.25) is 9.59 Å². The zero-order valence-corrected chi connectivity index (χ0v) is 14.4. The maximum Gasteiger partial charge on any atom is 0.275 e. The monoisotopic (exact) mass is 368 g/mol. The minimum atomic E-state index is -1.54. The Hall–Kier alpha value is -3.55. The van der Waals surface area contributed by atoms with Gasteiger partial charge in [-0.15, -0.1) is 0 Å². The minimum Gasteiger partial charge on any atom is -0.543 e. The highest BCUT2D eigenvalue weighted by Gasteiger charge is 2.16. The lowest BCUT2D eigenvalue weighted by molar-refractivity contribution is -0.255. The molecular weight excluding hydrogens is 353 g/mol. The van der Waals surface area contributed by atoms with Crippen LogP contribution in [0.25, 0.3) is 10.8 Å². The van der Waals surface area contributed by atoms with Gasteiger partial charge in [-0.1, -0.05) is 30.3 Å². The van der Waals surface area contributed by atoms with E-state index in [1.54, 1.807) is 24.3 Å². The zero-order chi connectivity index (χ0) is 19.6. The summed E-state index contributed by atoms with van der Waals surface area (Å²) in [7, 11) is 1.53. The van der Waals surface area contributed by atoms with Gasteiger partial charge in [-0.05, 0) is 23.8 Å². The van der Waals surface area contributed by atoms with Crippen molar-refractivity contribution in [2.75, 3.05) is 7.05 Å². The van der Waals surface area contributed by atoms with E-state index in [2.05, 4.69) is 5.10 Å². The lowest BCUT2D eigenvalue weighted by atomic mass is 10.1. The topological polar surface area (TPSA) is 95.3 Å². The molecule has 0 aliphatic carbocycles. The molecule has 8 heteroatoms. The molecule has 138 valence electrons. The van der Waals surface area contributed by atoms with Gasteiger partial charge in [0.15, 0.2) is 0 Å². The van der Waals surface area contributed by atoms with E-state index in [1.165, 1.54) is 36.2 Å². The number of hydrogen-bond donors (Lipinski definition) is 0. The van der Waals surface area contributed by atoms with Gasteiger partial charge in [0.2, 0.25) is 5.91 Å². The third kappa shape index (κ3) is 3.84. The van der Waals surface area contributed by atoms with Crippen LogP contribution in [0.1, 0.15) is 16.1 Å². The highest BCUT2D eigenvalue weighted by Crippen LogP contribution is 2.13. The van der Waals surface area contributed by atoms with Gasteiger partial charge in [0.1, 0.15) is 18.1 Å². The van der Waals surface area contributed by atoms with Gasteiger partial charge in [-0.25, -0.2) is 9.07 Å². The molecule has 7 nitrogen and oxygen atoms in total. The van der Waals surface area contributed by atoms with E-state index in [1.807, 2.05) is 0 Å². The number of amides is 1. The number of rotatable bonds is 5. The normalized spacial score (nSPS) is 10.7. The van der Waals surface area contributed by atoms with Crippen molar-refractivity contribution in [2.45, 2.75) is 13.1 Å². The maximum atomic E-state index is 13.0. The average molecular weight is 368 g/mol. The van der Waals surface area contributed by atoms with Crippen LogP contribution < -0.4 is 10.7 Å². The van der Waals surface area contributed by atoms with Crippen LogP contribution in [-0.2, 0) is 17.9 Å². The Morgan fingerprint density at radius 1 is 1.11 bits per heavy atom. The number of carboxylic acid groups (broad SMARTS) is 1. The van der Waals surface area contributed by atoms with Crippen LogP contribution in [0.15, 0.2) is 53.3 Å². The third-order valence-electron chi connectivity index (χ3n) is 4.10. The van der Waals surface area contributed by atoms with Crippen molar-refractivity contribution in [3.05, 3.63) is 76.0 Å². The van der Waals surface area contributed by atoms with E-state index < -0.39 is 29.7 Å². The van der Waals surface area contributed by atoms with E-state index in [4.69, 9.17) is 0 Å². The van der Waals surface area contributed by atoms with Crippen molar-refractivity contribution in [3.63, 3.8) is 0 Å². The molecule has 0 bridgehead atoms. The van der Waals surface area contributed by atoms with Crippen molar-refractivity contribution in [1.29, 1.82) is 0 Å². The summed E-state index contributed by atoms with van der Waals surface area (Å²) in [5.74, 6) is -2.37. The molecule has 3 rings (SSSR count). The number of carbonyl (C=O) groups excluding carboxylic acids is 2. The number of aromatic nitrogens is 2. The SMILES string of the molecule is CN(Cc1ccc(F)cc1)C(=O)Cn1nc(C(=O)[O-])c2ccccc2c1=O. The van der Waals surface area contributed by atoms with Gasteiger partial charge in [0.25, 0.3) is 5.56 Å². The average Bonchev–Trinajstić information content (AvgIpc) is 2.65. The number of carboxylic acids is 1. The van der Waals surface area contributed by atoms with Crippen molar-refractivity contribution >= 4 is 22.6 Å². The summed E-state index contributed by atoms with van der Waals surface area (Å²) >= 11 is 0. The Morgan fingerprint density at radius 3 is 2.37 bits per heavy atom. The van der Waals surface area contributed by atoms with Crippen molar-refractivity contribution in [2.24, 2.45) is 0 Å². The standard InChI is InChI=1S/C19H16FN3O4/c1-22(10-12-6-8-13(20)9-7-12)16(24)11-23-18(25)15-5-3-2-4-14(15)17(21-23)19(26)27/h2-9H,10-11H2,1H3,(H,26,27)/p-1. The molecular formula is C19H15FN3O4-. The number of aromatic carboxylic acids is 1. The van der Waals surface area contributed by atoms with Crippen LogP contribution in [0.5, 0.6) is 0 Å². The first-order chi connectivity index (χ1) is 12.9. The molecule has 0 spiro atoms. The molecule has 1 amide bonds. The van der Waals surface area contributed by atoms with Crippen LogP contribution in [-0.4, -0.2) is 33.6 Å². The minimum absolute atomic E-state index is 0.140. The smallest absolute Gasteiger partial charge is 0.275 e. The molecule has 0 aliphatic heterocycles. The number of carbonyl (C=O) groups is 2. The van der Waals surface area contributed by atoms with Gasteiger partial charge < -0.3 is 14.8 Å². The summed E-state index contributed by atoms with van der Waals surface area (Å²) in [5, 5.41) is 15.4. The summed E-state index contributed by atoms with van der Waals surface area (Å²) in [5.41, 5.74) is -0.264. The molecule has 27 heavy (non-hydrogen) atoms. The van der Waals surface area contributed by atoms with Crippen LogP contribution in [0.2, 0.25) is 0 Å². The number of halogens is 1. The first-order valence-electron chi connectivity index (χ1n) is 8.06. The number of likely N-dealkylation sites (N-methyl/N-ethyl adjacent to an activating group) is 1. The van der Waals surface area contributed by atoms with Gasteiger partial charge in [-0.2, -0.15) is 5.10 Å². The van der Waals surface area contributed by atoms with Gasteiger partial charge in [0.05, 0.1) is 11.4 Å². The molecule has 0 fully saturated rings. The summed E-state index contributed by atoms with van der Waals surface area (Å²) in [6.07, 6.45) is 0. The summed E-state index contributed by atoms with van der Waals surface area (Å²) in [4.78, 5) is 37.7. The van der Waals surface area contributed by atoms with Crippen molar-refractivity contribution in [1.82, 2.24) is 14.7 Å². The highest BCUT2D eigenvalue weighted by molar-refractivity contribution is 6.00. The Kier molecular flexibility index (Phi) is 4.98. The van der Waals surface area contributed by atoms with E-state index in [0.717, 1.165) is 4.68 Å². The molecule has 0 saturated carbocycles. The number of fused-ring (bicyclic) bond motifs is 1. The number of benzene rings is 2. The van der Waals surface area contributed by atoms with Crippen LogP contribution in [0.4, 0.5) is 4.39 Å². The molecule has 0 unspecified atom stereocenters. The lowest BCUT2D eigenvalue weighted by Crippen LogP contribution is -2.37. The Labute approximate surface area is 153 Å². The molecule has 2 aromatic carbocycles. The van der Waals surface area contributed by atoms with E-state index in [9.17, 15) is 23.9 Å². The quantitative estimate of drug-likeness (QED) is 0.656. The molecule has 1 heterocycles. The highest BCUT2D eigenvalue weighted by atomic mass is 19.1. The van der Waals surface area contributed by atoms with Crippen LogP contribution in [0.3, 0.4) is 0 Å². The fourth-order valence-electron chi connectivity index (χ4n) is 2.69. The van der Waals surface area contributed by atoms with E-state index in [-0.39, 0.29) is 23.1 Å². The third-order valence-corrected chi connectivity index (χ3v) is 4.10. The van der Waals surface area contributed by atoms with E-state index >= 15 is 0 Å². The molecule has 0 radical (unpaired) electrons. The summed E-state index contributed by atoms with van der Waals surface area (Å²) < 4.78 is 13.8. The fourth-order valence-corrected chi connectivity index (χ4v) is 2.69. The largest absolute Gasteiger partial charge is 0.543 e. The van der Waals surface area contributed by atoms with Crippen LogP contribution in [0, 0.1) is 5.82 Å². The molecule has 3 aromatic rings. The molecule has 0 atom stereocenters. The molecule has 0 aliphatic rings. The second-order valence-electron chi connectivity index (χ2n) is 6.02. The molecule has 0 N–H and O–H groups in total. The maximum absolute atomic E-state index is 13.0. The predicted octanol–water partition coefficient (Wildman–Crippen LogP) is 0.558. The summed E-state index contributed by atoms with van der Waals surface area (Å²) in [6, 6.07) is 11.8. The lowest BCUT2D eigenvalue weighted by Gasteiger charge is -2.18. The van der Waals surface area contributed by atoms with Gasteiger partial charge in [0, 0.05) is 19.0 Å². The molecule has 0 saturated heterocycles. The fraction of sp³-hybridized carbons (Fsp3) is 0.158. The number of hydrogen-bond acceptors (Lipinski definition) is 5. The molecule has 1 aromatic heterocycles. The van der Waals surface area contributed by atoms with Crippen molar-refractivity contribution < 1.29 is 19.1 Å². The van der Waals surface area contributed by atoms with Gasteiger partial charge >= 0.3 is 0 Å². The Balaban J connectivity index is 1.88. The van der Waals surface area contributed by atoms with Crippen LogP contribution >= 0.6 is 0 Å². The second-order valence-corrected chi connectivity index (χ2v) is 6.02. The number of nitrogens with zero attached hydrogens (tertiary/aromatic N) is 3. The zero-order valence-electron chi connectivity index (χ0n) is 14.4. The summed E-state index contributed by atoms with van der Waals surface area (Å²) in [6.45, 7) is -0.226. The predicted molar refractivity (Wildman–Crippen MR) is 93.2 cm³/mol.